The van der Waals surface area contributed by atoms with Crippen LogP contribution < -0.4 is 0 Å². The first-order chi connectivity index (χ1) is 7.16. The monoisotopic (exact) mass is 372 g/mol. The topological polar surface area (TPSA) is 51.2 Å². The molecule has 16 heavy (non-hydrogen) atoms. The third-order valence-electron chi connectivity index (χ3n) is 2.04. The first-order valence-corrected chi connectivity index (χ1v) is 7.70. The van der Waals surface area contributed by atoms with E-state index in [0.717, 1.165) is 11.8 Å². The van der Waals surface area contributed by atoms with Gasteiger partial charge in [0, 0.05) is 11.8 Å². The van der Waals surface area contributed by atoms with Crippen LogP contribution in [0.2, 0.25) is 0 Å². The molecule has 88 valence electrons. The van der Waals surface area contributed by atoms with Crippen LogP contribution in [0.3, 0.4) is 0 Å². The Bertz CT molecular complexity index is 505. The number of rotatable bonds is 3. The number of alkyl halides is 2. The van der Waals surface area contributed by atoms with Crippen LogP contribution in [-0.2, 0) is 9.84 Å². The maximum absolute atomic E-state index is 11.9. The molecule has 0 spiro atoms. The quantitative estimate of drug-likeness (QED) is 0.465. The van der Waals surface area contributed by atoms with Crippen molar-refractivity contribution in [3.05, 3.63) is 35.4 Å². The molecule has 0 fully saturated rings. The highest BCUT2D eigenvalue weighted by atomic mass is 127. The highest BCUT2D eigenvalue weighted by molar-refractivity contribution is 14.1. The van der Waals surface area contributed by atoms with E-state index in [9.17, 15) is 13.2 Å². The first kappa shape index (κ1) is 13.9. The lowest BCUT2D eigenvalue weighted by atomic mass is 10.1. The second-order valence-corrected chi connectivity index (χ2v) is 9.42. The Hall–Kier alpha value is -0.140. The summed E-state index contributed by atoms with van der Waals surface area (Å²) in [5.41, 5.74) is 1.28. The number of sulfone groups is 1. The van der Waals surface area contributed by atoms with E-state index in [4.69, 9.17) is 11.6 Å². The summed E-state index contributed by atoms with van der Waals surface area (Å²) < 4.78 is 20.8. The summed E-state index contributed by atoms with van der Waals surface area (Å²) in [6, 6.07) is 6.61. The Morgan fingerprint density at radius 1 is 1.31 bits per heavy atom. The summed E-state index contributed by atoms with van der Waals surface area (Å²) in [5.74, 6) is -0.614. The molecule has 0 bridgehead atoms. The number of Topliss-reactive ketones (excluding diaryl/α,β-unsaturated/α-hetero) is 1. The van der Waals surface area contributed by atoms with Crippen molar-refractivity contribution in [3.63, 3.8) is 0 Å². The van der Waals surface area contributed by atoms with Crippen LogP contribution in [0.1, 0.15) is 15.9 Å². The normalized spacial score (nSPS) is 15.5. The summed E-state index contributed by atoms with van der Waals surface area (Å²) in [7, 11) is -3.66. The number of benzene rings is 1. The Balaban J connectivity index is 3.18. The van der Waals surface area contributed by atoms with Gasteiger partial charge in [-0.2, -0.15) is 0 Å². The lowest BCUT2D eigenvalue weighted by molar-refractivity contribution is 0.100. The summed E-state index contributed by atoms with van der Waals surface area (Å²) >= 11 is 7.23. The van der Waals surface area contributed by atoms with Gasteiger partial charge in [0.25, 0.3) is 2.21 Å². The van der Waals surface area contributed by atoms with Gasteiger partial charge in [0.05, 0.1) is 0 Å². The smallest absolute Gasteiger partial charge is 0.257 e. The third kappa shape index (κ3) is 2.75. The number of halogens is 2. The molecule has 0 amide bonds. The molecule has 0 aromatic heterocycles. The molecule has 1 aromatic rings. The van der Waals surface area contributed by atoms with Gasteiger partial charge in [0.1, 0.15) is 0 Å². The predicted octanol–water partition coefficient (Wildman–Crippen LogP) is 2.55. The summed E-state index contributed by atoms with van der Waals surface area (Å²) in [6.45, 7) is 1.88. The Morgan fingerprint density at radius 3 is 2.12 bits per heavy atom. The van der Waals surface area contributed by atoms with Gasteiger partial charge >= 0.3 is 0 Å². The second-order valence-electron chi connectivity index (χ2n) is 3.48. The highest BCUT2D eigenvalue weighted by Crippen LogP contribution is 2.34. The molecular formula is C10H10ClIO3S. The number of aryl methyl sites for hydroxylation is 1. The van der Waals surface area contributed by atoms with Gasteiger partial charge in [-0.1, -0.05) is 41.4 Å². The number of ketones is 1. The Morgan fingerprint density at radius 2 is 1.75 bits per heavy atom. The van der Waals surface area contributed by atoms with Crippen LogP contribution in [0.5, 0.6) is 0 Å². The molecule has 0 heterocycles. The van der Waals surface area contributed by atoms with Crippen molar-refractivity contribution in [3.8, 4) is 0 Å². The molecule has 0 unspecified atom stereocenters. The van der Waals surface area contributed by atoms with E-state index in [0.29, 0.717) is 5.56 Å². The van der Waals surface area contributed by atoms with E-state index in [1.165, 1.54) is 22.6 Å². The number of hydrogen-bond donors (Lipinski definition) is 0. The standard InChI is InChI=1S/C10H10ClIO3S/c1-7-3-5-8(6-4-7)9(13)10(11,12)16(2,14)15/h3-6H,1-2H3/t10-/m1/s1. The summed E-state index contributed by atoms with van der Waals surface area (Å²) in [4.78, 5) is 11.9. The van der Waals surface area contributed by atoms with Crippen LogP contribution in [0.15, 0.2) is 24.3 Å². The lowest BCUT2D eigenvalue weighted by Gasteiger charge is -2.16. The molecule has 0 aliphatic rings. The van der Waals surface area contributed by atoms with Crippen LogP contribution >= 0.6 is 34.2 Å². The van der Waals surface area contributed by atoms with Crippen LogP contribution in [0, 0.1) is 6.92 Å². The zero-order valence-corrected chi connectivity index (χ0v) is 12.4. The van der Waals surface area contributed by atoms with Crippen LogP contribution in [-0.4, -0.2) is 22.7 Å². The van der Waals surface area contributed by atoms with Crippen molar-refractivity contribution in [1.29, 1.82) is 0 Å². The van der Waals surface area contributed by atoms with Crippen molar-refractivity contribution in [1.82, 2.24) is 0 Å². The van der Waals surface area contributed by atoms with E-state index in [2.05, 4.69) is 0 Å². The summed E-state index contributed by atoms with van der Waals surface area (Å²) in [5, 5.41) is 0. The molecule has 1 rings (SSSR count). The zero-order valence-electron chi connectivity index (χ0n) is 8.70. The van der Waals surface area contributed by atoms with Crippen molar-refractivity contribution in [2.24, 2.45) is 0 Å². The van der Waals surface area contributed by atoms with E-state index in [1.807, 2.05) is 6.92 Å². The molecule has 0 saturated heterocycles. The van der Waals surface area contributed by atoms with Gasteiger partial charge in [0.15, 0.2) is 9.84 Å². The molecule has 1 aromatic carbocycles. The van der Waals surface area contributed by atoms with Gasteiger partial charge in [-0.15, -0.1) is 0 Å². The van der Waals surface area contributed by atoms with E-state index in [1.54, 1.807) is 24.3 Å². The minimum atomic E-state index is -3.66. The number of carbonyl (C=O) groups is 1. The molecule has 0 radical (unpaired) electrons. The fraction of sp³-hybridized carbons (Fsp3) is 0.300. The minimum Gasteiger partial charge on any atom is -0.290 e. The van der Waals surface area contributed by atoms with Gasteiger partial charge < -0.3 is 0 Å². The van der Waals surface area contributed by atoms with E-state index < -0.39 is 17.8 Å². The van der Waals surface area contributed by atoms with Gasteiger partial charge in [-0.05, 0) is 29.5 Å². The second kappa shape index (κ2) is 4.62. The maximum Gasteiger partial charge on any atom is 0.257 e. The van der Waals surface area contributed by atoms with Crippen molar-refractivity contribution < 1.29 is 13.2 Å². The molecular weight excluding hydrogens is 363 g/mol. The number of carbonyl (C=O) groups excluding carboxylic acids is 1. The fourth-order valence-corrected chi connectivity index (χ4v) is 1.92. The molecule has 6 heteroatoms. The Labute approximate surface area is 113 Å². The van der Waals surface area contributed by atoms with Crippen molar-refractivity contribution >= 4 is 49.8 Å². The third-order valence-corrected chi connectivity index (χ3v) is 7.06. The van der Waals surface area contributed by atoms with E-state index in [-0.39, 0.29) is 0 Å². The van der Waals surface area contributed by atoms with Gasteiger partial charge in [-0.25, -0.2) is 8.42 Å². The van der Waals surface area contributed by atoms with Crippen LogP contribution in [0.25, 0.3) is 0 Å². The van der Waals surface area contributed by atoms with Crippen LogP contribution in [0.4, 0.5) is 0 Å². The first-order valence-electron chi connectivity index (χ1n) is 4.35. The molecule has 0 N–H and O–H groups in total. The molecule has 3 nitrogen and oxygen atoms in total. The zero-order chi connectivity index (χ0) is 12.6. The molecule has 0 saturated carbocycles. The summed E-state index contributed by atoms with van der Waals surface area (Å²) in [6.07, 6.45) is 0.943. The lowest BCUT2D eigenvalue weighted by Crippen LogP contribution is -2.34. The van der Waals surface area contributed by atoms with Gasteiger partial charge in [-0.3, -0.25) is 4.79 Å². The number of hydrogen-bond acceptors (Lipinski definition) is 3. The average Bonchev–Trinajstić information content (AvgIpc) is 2.16. The Kier molecular flexibility index (Phi) is 4.02. The SMILES string of the molecule is Cc1ccc(C(=O)[C@@](Cl)(I)S(C)(=O)=O)cc1. The van der Waals surface area contributed by atoms with Crippen molar-refractivity contribution in [2.45, 2.75) is 9.14 Å². The molecule has 1 atom stereocenters. The van der Waals surface area contributed by atoms with Crippen molar-refractivity contribution in [2.75, 3.05) is 6.26 Å². The van der Waals surface area contributed by atoms with E-state index >= 15 is 0 Å². The average molecular weight is 373 g/mol. The fourth-order valence-electron chi connectivity index (χ4n) is 1.04. The molecule has 0 aliphatic heterocycles. The largest absolute Gasteiger partial charge is 0.290 e. The minimum absolute atomic E-state index is 0.292. The highest BCUT2D eigenvalue weighted by Gasteiger charge is 2.43. The molecule has 0 aliphatic carbocycles. The van der Waals surface area contributed by atoms with Gasteiger partial charge in [0.2, 0.25) is 5.78 Å². The predicted molar refractivity (Wildman–Crippen MR) is 73.0 cm³/mol. The maximum atomic E-state index is 11.9.